The number of rotatable bonds is 7. The summed E-state index contributed by atoms with van der Waals surface area (Å²) in [7, 11) is 0. The van der Waals surface area contributed by atoms with Gasteiger partial charge >= 0.3 is 5.97 Å². The Morgan fingerprint density at radius 2 is 2.05 bits per heavy atom. The SMILES string of the molecule is O=C(CNCC1(CO)CC1)Nc1cc(C(=O)O)ccc1Cl. The van der Waals surface area contributed by atoms with Crippen molar-refractivity contribution in [1.29, 1.82) is 0 Å². The summed E-state index contributed by atoms with van der Waals surface area (Å²) in [6, 6.07) is 4.12. The molecule has 6 nitrogen and oxygen atoms in total. The number of hydrogen-bond acceptors (Lipinski definition) is 4. The lowest BCUT2D eigenvalue weighted by Crippen LogP contribution is -2.33. The molecule has 1 aliphatic carbocycles. The van der Waals surface area contributed by atoms with E-state index in [-0.39, 0.29) is 40.7 Å². The number of hydrogen-bond donors (Lipinski definition) is 4. The number of amides is 1. The predicted octanol–water partition coefficient (Wildman–Crippen LogP) is 1.34. The van der Waals surface area contributed by atoms with Crippen LogP contribution in [0.4, 0.5) is 5.69 Å². The first-order valence-electron chi connectivity index (χ1n) is 6.60. The molecule has 0 spiro atoms. The van der Waals surface area contributed by atoms with Gasteiger partial charge in [0.05, 0.1) is 22.8 Å². The van der Waals surface area contributed by atoms with E-state index in [1.165, 1.54) is 18.2 Å². The van der Waals surface area contributed by atoms with Crippen LogP contribution in [-0.2, 0) is 4.79 Å². The molecular weight excluding hydrogens is 296 g/mol. The molecule has 2 rings (SSSR count). The lowest BCUT2D eigenvalue weighted by molar-refractivity contribution is -0.115. The summed E-state index contributed by atoms with van der Waals surface area (Å²) in [4.78, 5) is 22.7. The van der Waals surface area contributed by atoms with Crippen molar-refractivity contribution >= 4 is 29.2 Å². The molecule has 4 N–H and O–H groups in total. The monoisotopic (exact) mass is 312 g/mol. The minimum atomic E-state index is -1.08. The number of carbonyl (C=O) groups excluding carboxylic acids is 1. The highest BCUT2D eigenvalue weighted by Crippen LogP contribution is 2.44. The van der Waals surface area contributed by atoms with Crippen LogP contribution in [0.2, 0.25) is 5.02 Å². The van der Waals surface area contributed by atoms with E-state index in [9.17, 15) is 9.59 Å². The molecule has 1 saturated carbocycles. The average molecular weight is 313 g/mol. The zero-order valence-electron chi connectivity index (χ0n) is 11.4. The largest absolute Gasteiger partial charge is 0.478 e. The first-order chi connectivity index (χ1) is 9.96. The number of benzene rings is 1. The molecule has 0 aliphatic heterocycles. The first-order valence-corrected chi connectivity index (χ1v) is 6.98. The Morgan fingerprint density at radius 3 is 2.62 bits per heavy atom. The molecule has 1 amide bonds. The highest BCUT2D eigenvalue weighted by atomic mass is 35.5. The minimum Gasteiger partial charge on any atom is -0.478 e. The molecule has 0 bridgehead atoms. The average Bonchev–Trinajstić information content (AvgIpc) is 3.21. The smallest absolute Gasteiger partial charge is 0.335 e. The van der Waals surface area contributed by atoms with Gasteiger partial charge in [0.25, 0.3) is 0 Å². The molecular formula is C14H17ClN2O4. The van der Waals surface area contributed by atoms with Gasteiger partial charge < -0.3 is 20.8 Å². The number of carbonyl (C=O) groups is 2. The van der Waals surface area contributed by atoms with E-state index < -0.39 is 5.97 Å². The van der Waals surface area contributed by atoms with Gasteiger partial charge in [-0.05, 0) is 31.0 Å². The van der Waals surface area contributed by atoms with E-state index in [0.29, 0.717) is 6.54 Å². The molecule has 0 aromatic heterocycles. The zero-order chi connectivity index (χ0) is 15.5. The maximum absolute atomic E-state index is 11.8. The summed E-state index contributed by atoms with van der Waals surface area (Å²) >= 11 is 5.92. The van der Waals surface area contributed by atoms with E-state index in [2.05, 4.69) is 10.6 Å². The van der Waals surface area contributed by atoms with E-state index in [0.717, 1.165) is 12.8 Å². The fourth-order valence-electron chi connectivity index (χ4n) is 1.96. The van der Waals surface area contributed by atoms with Crippen LogP contribution in [0.5, 0.6) is 0 Å². The molecule has 114 valence electrons. The Bertz CT molecular complexity index is 558. The van der Waals surface area contributed by atoms with Gasteiger partial charge in [0, 0.05) is 18.6 Å². The molecule has 0 radical (unpaired) electrons. The third-order valence-corrected chi connectivity index (χ3v) is 3.90. The number of aliphatic hydroxyl groups excluding tert-OH is 1. The molecule has 0 heterocycles. The van der Waals surface area contributed by atoms with Crippen LogP contribution in [0.3, 0.4) is 0 Å². The van der Waals surface area contributed by atoms with Crippen molar-refractivity contribution < 1.29 is 19.8 Å². The number of anilines is 1. The molecule has 21 heavy (non-hydrogen) atoms. The molecule has 1 fully saturated rings. The Labute approximate surface area is 127 Å². The molecule has 1 aliphatic rings. The molecule has 0 saturated heterocycles. The van der Waals surface area contributed by atoms with Gasteiger partial charge in [-0.15, -0.1) is 0 Å². The Kier molecular flexibility index (Phi) is 4.82. The second-order valence-electron chi connectivity index (χ2n) is 5.31. The summed E-state index contributed by atoms with van der Waals surface area (Å²) in [6.45, 7) is 0.781. The van der Waals surface area contributed by atoms with Gasteiger partial charge in [-0.1, -0.05) is 11.6 Å². The molecule has 1 aromatic rings. The normalized spacial score (nSPS) is 15.5. The summed E-state index contributed by atoms with van der Waals surface area (Å²) in [5.41, 5.74) is 0.257. The summed E-state index contributed by atoms with van der Waals surface area (Å²) < 4.78 is 0. The minimum absolute atomic E-state index is 0.0554. The summed E-state index contributed by atoms with van der Waals surface area (Å²) in [5, 5.41) is 23.9. The lowest BCUT2D eigenvalue weighted by Gasteiger charge is -2.13. The van der Waals surface area contributed by atoms with Crippen LogP contribution in [0, 0.1) is 5.41 Å². The van der Waals surface area contributed by atoms with E-state index >= 15 is 0 Å². The topological polar surface area (TPSA) is 98.7 Å². The van der Waals surface area contributed by atoms with Gasteiger partial charge in [-0.25, -0.2) is 4.79 Å². The number of halogens is 1. The van der Waals surface area contributed by atoms with Gasteiger partial charge in [-0.2, -0.15) is 0 Å². The van der Waals surface area contributed by atoms with Gasteiger partial charge in [0.1, 0.15) is 0 Å². The predicted molar refractivity (Wildman–Crippen MR) is 78.7 cm³/mol. The second-order valence-corrected chi connectivity index (χ2v) is 5.72. The van der Waals surface area contributed by atoms with E-state index in [1.807, 2.05) is 0 Å². The van der Waals surface area contributed by atoms with Gasteiger partial charge in [0.2, 0.25) is 5.91 Å². The molecule has 0 unspecified atom stereocenters. The van der Waals surface area contributed by atoms with Crippen LogP contribution in [0.25, 0.3) is 0 Å². The van der Waals surface area contributed by atoms with Crippen molar-refractivity contribution in [1.82, 2.24) is 5.32 Å². The maximum Gasteiger partial charge on any atom is 0.335 e. The number of aliphatic hydroxyl groups is 1. The fourth-order valence-corrected chi connectivity index (χ4v) is 2.12. The van der Waals surface area contributed by atoms with E-state index in [1.54, 1.807) is 0 Å². The number of nitrogens with one attached hydrogen (secondary N) is 2. The number of carboxylic acids is 1. The number of aromatic carboxylic acids is 1. The van der Waals surface area contributed by atoms with Crippen molar-refractivity contribution in [3.8, 4) is 0 Å². The highest BCUT2D eigenvalue weighted by molar-refractivity contribution is 6.33. The third kappa shape index (κ3) is 4.17. The zero-order valence-corrected chi connectivity index (χ0v) is 12.1. The fraction of sp³-hybridized carbons (Fsp3) is 0.429. The van der Waals surface area contributed by atoms with Gasteiger partial charge in [0.15, 0.2) is 0 Å². The second kappa shape index (κ2) is 6.43. The third-order valence-electron chi connectivity index (χ3n) is 3.57. The standard InChI is InChI=1S/C14H17ClN2O4/c15-10-2-1-9(13(20)21)5-11(10)17-12(19)6-16-7-14(8-18)3-4-14/h1-2,5,16,18H,3-4,6-8H2,(H,17,19)(H,20,21). The van der Waals surface area contributed by atoms with Crippen molar-refractivity contribution in [2.45, 2.75) is 12.8 Å². The Hall–Kier alpha value is -1.63. The van der Waals surface area contributed by atoms with Crippen LogP contribution >= 0.6 is 11.6 Å². The van der Waals surface area contributed by atoms with Crippen LogP contribution in [0.15, 0.2) is 18.2 Å². The van der Waals surface area contributed by atoms with Crippen LogP contribution < -0.4 is 10.6 Å². The Balaban J connectivity index is 1.87. The van der Waals surface area contributed by atoms with Crippen LogP contribution in [-0.4, -0.2) is 41.8 Å². The highest BCUT2D eigenvalue weighted by Gasteiger charge is 2.41. The van der Waals surface area contributed by atoms with Crippen molar-refractivity contribution in [2.75, 3.05) is 25.0 Å². The Morgan fingerprint density at radius 1 is 1.33 bits per heavy atom. The molecule has 7 heteroatoms. The van der Waals surface area contributed by atoms with Crippen LogP contribution in [0.1, 0.15) is 23.2 Å². The summed E-state index contributed by atoms with van der Waals surface area (Å²) in [6.07, 6.45) is 1.93. The van der Waals surface area contributed by atoms with E-state index in [4.69, 9.17) is 21.8 Å². The summed E-state index contributed by atoms with van der Waals surface area (Å²) in [5.74, 6) is -1.40. The first kappa shape index (κ1) is 15.8. The number of carboxylic acid groups (broad SMARTS) is 1. The van der Waals surface area contributed by atoms with Gasteiger partial charge in [-0.3, -0.25) is 4.79 Å². The maximum atomic E-state index is 11.8. The van der Waals surface area contributed by atoms with Crippen molar-refractivity contribution in [3.05, 3.63) is 28.8 Å². The lowest BCUT2D eigenvalue weighted by atomic mass is 10.1. The molecule has 0 atom stereocenters. The van der Waals surface area contributed by atoms with Crippen molar-refractivity contribution in [2.24, 2.45) is 5.41 Å². The quantitative estimate of drug-likeness (QED) is 0.609. The van der Waals surface area contributed by atoms with Crippen molar-refractivity contribution in [3.63, 3.8) is 0 Å². The molecule has 1 aromatic carbocycles.